The van der Waals surface area contributed by atoms with Crippen molar-refractivity contribution in [3.63, 3.8) is 0 Å². The third-order valence-electron chi connectivity index (χ3n) is 3.87. The third kappa shape index (κ3) is 3.55. The number of fused-ring (bicyclic) bond motifs is 1. The molecule has 0 aliphatic heterocycles. The van der Waals surface area contributed by atoms with Crippen LogP contribution in [0.5, 0.6) is 5.88 Å². The van der Waals surface area contributed by atoms with Crippen LogP contribution in [-0.2, 0) is 5.88 Å². The zero-order chi connectivity index (χ0) is 18.8. The molecule has 0 fully saturated rings. The number of alkyl halides is 1. The molecule has 0 bridgehead atoms. The molecule has 0 atom stereocenters. The molecular formula is C19H19ClN4O2. The van der Waals surface area contributed by atoms with Gasteiger partial charge in [-0.25, -0.2) is 4.98 Å². The van der Waals surface area contributed by atoms with Gasteiger partial charge in [0.25, 0.3) is 0 Å². The van der Waals surface area contributed by atoms with E-state index in [0.717, 1.165) is 16.5 Å². The summed E-state index contributed by atoms with van der Waals surface area (Å²) in [5.74, 6) is 0.301. The number of primary amides is 1. The van der Waals surface area contributed by atoms with Crippen molar-refractivity contribution in [2.75, 3.05) is 5.73 Å². The SMILES string of the molecule is CC(C)Oc1nc(N)nc2ccc(-c3ccc(C(N)=O)c(CCl)c3)cc12. The number of rotatable bonds is 5. The number of hydrogen-bond donors (Lipinski definition) is 2. The van der Waals surface area contributed by atoms with E-state index in [2.05, 4.69) is 9.97 Å². The summed E-state index contributed by atoms with van der Waals surface area (Å²) in [7, 11) is 0. The summed E-state index contributed by atoms with van der Waals surface area (Å²) in [6, 6.07) is 11.1. The Morgan fingerprint density at radius 2 is 1.85 bits per heavy atom. The van der Waals surface area contributed by atoms with E-state index in [1.54, 1.807) is 6.07 Å². The van der Waals surface area contributed by atoms with Crippen LogP contribution in [0.4, 0.5) is 5.95 Å². The van der Waals surface area contributed by atoms with Gasteiger partial charge in [-0.3, -0.25) is 4.79 Å². The lowest BCUT2D eigenvalue weighted by Gasteiger charge is -2.13. The summed E-state index contributed by atoms with van der Waals surface area (Å²) >= 11 is 5.97. The largest absolute Gasteiger partial charge is 0.474 e. The number of anilines is 1. The van der Waals surface area contributed by atoms with Crippen LogP contribution in [-0.4, -0.2) is 22.0 Å². The molecule has 0 aliphatic carbocycles. The van der Waals surface area contributed by atoms with Gasteiger partial charge in [-0.1, -0.05) is 12.1 Å². The van der Waals surface area contributed by atoms with Crippen molar-refractivity contribution < 1.29 is 9.53 Å². The molecule has 6 nitrogen and oxygen atoms in total. The van der Waals surface area contributed by atoms with Crippen LogP contribution in [0.1, 0.15) is 29.8 Å². The predicted octanol–water partition coefficient (Wildman–Crippen LogP) is 3.50. The zero-order valence-electron chi connectivity index (χ0n) is 14.5. The number of benzene rings is 2. The second-order valence-electron chi connectivity index (χ2n) is 6.16. The van der Waals surface area contributed by atoms with Crippen LogP contribution < -0.4 is 16.2 Å². The summed E-state index contributed by atoms with van der Waals surface area (Å²) in [6.07, 6.45) is -0.0474. The second kappa shape index (κ2) is 7.17. The number of hydrogen-bond acceptors (Lipinski definition) is 5. The first-order valence-electron chi connectivity index (χ1n) is 8.12. The summed E-state index contributed by atoms with van der Waals surface area (Å²) in [5, 5.41) is 0.761. The molecular weight excluding hydrogens is 352 g/mol. The van der Waals surface area contributed by atoms with E-state index in [-0.39, 0.29) is 17.9 Å². The normalized spacial score (nSPS) is 11.1. The second-order valence-corrected chi connectivity index (χ2v) is 6.42. The first kappa shape index (κ1) is 17.9. The Morgan fingerprint density at radius 3 is 2.50 bits per heavy atom. The van der Waals surface area contributed by atoms with Crippen molar-refractivity contribution in [1.29, 1.82) is 0 Å². The smallest absolute Gasteiger partial charge is 0.249 e. The molecule has 0 unspecified atom stereocenters. The average molecular weight is 371 g/mol. The molecule has 2 aromatic carbocycles. The quantitative estimate of drug-likeness (QED) is 0.669. The van der Waals surface area contributed by atoms with E-state index in [0.29, 0.717) is 22.5 Å². The summed E-state index contributed by atoms with van der Waals surface area (Å²) < 4.78 is 5.78. The van der Waals surface area contributed by atoms with Gasteiger partial charge in [-0.2, -0.15) is 4.98 Å². The van der Waals surface area contributed by atoms with Crippen LogP contribution in [0, 0.1) is 0 Å². The van der Waals surface area contributed by atoms with E-state index in [4.69, 9.17) is 27.8 Å². The van der Waals surface area contributed by atoms with E-state index >= 15 is 0 Å². The van der Waals surface area contributed by atoms with E-state index in [1.165, 1.54) is 0 Å². The maximum absolute atomic E-state index is 11.5. The molecule has 0 aliphatic rings. The summed E-state index contributed by atoms with van der Waals surface area (Å²) in [5.41, 5.74) is 14.8. The van der Waals surface area contributed by atoms with Gasteiger partial charge in [0.1, 0.15) is 0 Å². The number of ether oxygens (including phenoxy) is 1. The summed E-state index contributed by atoms with van der Waals surface area (Å²) in [6.45, 7) is 3.84. The first-order valence-corrected chi connectivity index (χ1v) is 8.65. The van der Waals surface area contributed by atoms with Crippen molar-refractivity contribution in [1.82, 2.24) is 9.97 Å². The van der Waals surface area contributed by atoms with Gasteiger partial charge in [0.05, 0.1) is 17.0 Å². The van der Waals surface area contributed by atoms with Crippen molar-refractivity contribution in [3.05, 3.63) is 47.5 Å². The van der Waals surface area contributed by atoms with Crippen molar-refractivity contribution in [2.24, 2.45) is 5.73 Å². The Morgan fingerprint density at radius 1 is 1.15 bits per heavy atom. The van der Waals surface area contributed by atoms with Gasteiger partial charge in [-0.05, 0) is 54.8 Å². The maximum Gasteiger partial charge on any atom is 0.249 e. The Kier molecular flexibility index (Phi) is 4.95. The molecule has 0 saturated heterocycles. The topological polar surface area (TPSA) is 104 Å². The highest BCUT2D eigenvalue weighted by Gasteiger charge is 2.13. The fourth-order valence-corrected chi connectivity index (χ4v) is 2.96. The van der Waals surface area contributed by atoms with Gasteiger partial charge in [0.2, 0.25) is 17.7 Å². The van der Waals surface area contributed by atoms with Crippen molar-refractivity contribution >= 4 is 34.4 Å². The fourth-order valence-electron chi connectivity index (χ4n) is 2.73. The average Bonchev–Trinajstić information content (AvgIpc) is 2.60. The highest BCUT2D eigenvalue weighted by molar-refractivity contribution is 6.17. The lowest BCUT2D eigenvalue weighted by atomic mass is 9.98. The molecule has 0 radical (unpaired) electrons. The molecule has 0 saturated carbocycles. The monoisotopic (exact) mass is 370 g/mol. The fraction of sp³-hybridized carbons (Fsp3) is 0.211. The van der Waals surface area contributed by atoms with E-state index in [9.17, 15) is 4.79 Å². The van der Waals surface area contributed by atoms with Crippen LogP contribution >= 0.6 is 11.6 Å². The number of carbonyl (C=O) groups is 1. The highest BCUT2D eigenvalue weighted by atomic mass is 35.5. The van der Waals surface area contributed by atoms with Crippen LogP contribution in [0.2, 0.25) is 0 Å². The number of nitrogens with two attached hydrogens (primary N) is 2. The number of nitrogen functional groups attached to an aromatic ring is 1. The number of amides is 1. The number of halogens is 1. The maximum atomic E-state index is 11.5. The predicted molar refractivity (Wildman–Crippen MR) is 103 cm³/mol. The Balaban J connectivity index is 2.14. The summed E-state index contributed by atoms with van der Waals surface area (Å²) in [4.78, 5) is 20.0. The van der Waals surface area contributed by atoms with E-state index in [1.807, 2.05) is 44.2 Å². The molecule has 7 heteroatoms. The van der Waals surface area contributed by atoms with Crippen molar-refractivity contribution in [3.8, 4) is 17.0 Å². The molecule has 0 spiro atoms. The lowest BCUT2D eigenvalue weighted by molar-refractivity contribution is 0.0999. The molecule has 4 N–H and O–H groups in total. The van der Waals surface area contributed by atoms with Gasteiger partial charge in [0, 0.05) is 11.4 Å². The Hall–Kier alpha value is -2.86. The standard InChI is InChI=1S/C19H19ClN4O2/c1-10(2)26-18-15-8-12(4-6-16(15)23-19(22)24-18)11-3-5-14(17(21)25)13(7-11)9-20/h3-8,10H,9H2,1-2H3,(H2,21,25)(H2,22,23,24). The van der Waals surface area contributed by atoms with Gasteiger partial charge in [-0.15, -0.1) is 11.6 Å². The Bertz CT molecular complexity index is 989. The minimum atomic E-state index is -0.498. The number of nitrogens with zero attached hydrogens (tertiary/aromatic N) is 2. The highest BCUT2D eigenvalue weighted by Crippen LogP contribution is 2.31. The van der Waals surface area contributed by atoms with Crippen molar-refractivity contribution in [2.45, 2.75) is 25.8 Å². The minimum Gasteiger partial charge on any atom is -0.474 e. The van der Waals surface area contributed by atoms with Gasteiger partial charge in [0.15, 0.2) is 0 Å². The molecule has 3 aromatic rings. The third-order valence-corrected chi connectivity index (χ3v) is 4.16. The Labute approximate surface area is 156 Å². The molecule has 1 aromatic heterocycles. The lowest BCUT2D eigenvalue weighted by Crippen LogP contribution is -2.13. The molecule has 1 amide bonds. The number of carbonyl (C=O) groups excluding carboxylic acids is 1. The van der Waals surface area contributed by atoms with Crippen LogP contribution in [0.25, 0.3) is 22.0 Å². The van der Waals surface area contributed by atoms with Crippen LogP contribution in [0.15, 0.2) is 36.4 Å². The number of aromatic nitrogens is 2. The molecule has 26 heavy (non-hydrogen) atoms. The van der Waals surface area contributed by atoms with Gasteiger partial charge >= 0.3 is 0 Å². The van der Waals surface area contributed by atoms with Crippen LogP contribution in [0.3, 0.4) is 0 Å². The molecule has 3 rings (SSSR count). The first-order chi connectivity index (χ1) is 12.4. The van der Waals surface area contributed by atoms with Gasteiger partial charge < -0.3 is 16.2 Å². The molecule has 1 heterocycles. The zero-order valence-corrected chi connectivity index (χ0v) is 15.2. The van der Waals surface area contributed by atoms with E-state index < -0.39 is 5.91 Å². The molecule has 134 valence electrons. The minimum absolute atomic E-state index is 0.0474.